The fraction of sp³-hybridized carbons (Fsp3) is 1.00. The van der Waals surface area contributed by atoms with Crippen LogP contribution >= 0.6 is 7.14 Å². The average Bonchev–Trinajstić information content (AvgIpc) is 2.14. The first-order chi connectivity index (χ1) is 6.65. The normalized spacial score (nSPS) is 36.7. The predicted molar refractivity (Wildman–Crippen MR) is 49.0 cm³/mol. The molecule has 2 aliphatic rings. The molecule has 0 saturated carbocycles. The van der Waals surface area contributed by atoms with E-state index in [9.17, 15) is 14.4 Å². The minimum absolute atomic E-state index is 0.152. The second-order valence-corrected chi connectivity index (χ2v) is 6.58. The molecule has 0 spiro atoms. The third-order valence-electron chi connectivity index (χ3n) is 2.26. The maximum absolute atomic E-state index is 12.1. The quantitative estimate of drug-likeness (QED) is 0.494. The fourth-order valence-corrected chi connectivity index (χ4v) is 4.53. The standard InChI is InChI=1S/C5H10N5O3P/c11-6-9-1-8-2-10(7-12)5-14(13,3-8)4-9/h1-5H2. The van der Waals surface area contributed by atoms with Crippen molar-refractivity contribution < 1.29 is 4.57 Å². The minimum Gasteiger partial charge on any atom is -0.318 e. The summed E-state index contributed by atoms with van der Waals surface area (Å²) in [6.07, 6.45) is 0.753. The summed E-state index contributed by atoms with van der Waals surface area (Å²) in [6, 6.07) is 0. The summed E-state index contributed by atoms with van der Waals surface area (Å²) in [5, 5.41) is 7.99. The molecule has 14 heavy (non-hydrogen) atoms. The molecule has 8 nitrogen and oxygen atoms in total. The predicted octanol–water partition coefficient (Wildman–Crippen LogP) is 0.433. The van der Waals surface area contributed by atoms with Gasteiger partial charge in [-0.1, -0.05) is 0 Å². The first kappa shape index (κ1) is 9.54. The summed E-state index contributed by atoms with van der Waals surface area (Å²) >= 11 is 0. The van der Waals surface area contributed by atoms with Crippen molar-refractivity contribution in [3.05, 3.63) is 9.81 Å². The maximum Gasteiger partial charge on any atom is 0.141 e. The fourth-order valence-electron chi connectivity index (χ4n) is 1.88. The van der Waals surface area contributed by atoms with Crippen LogP contribution in [0.3, 0.4) is 0 Å². The second kappa shape index (κ2) is 3.29. The molecule has 0 aromatic carbocycles. The molecule has 0 radical (unpaired) electrons. The van der Waals surface area contributed by atoms with E-state index in [2.05, 4.69) is 10.6 Å². The van der Waals surface area contributed by atoms with Crippen LogP contribution in [-0.4, -0.2) is 47.1 Å². The molecule has 0 aromatic rings. The summed E-state index contributed by atoms with van der Waals surface area (Å²) in [5.41, 5.74) is 0. The highest BCUT2D eigenvalue weighted by atomic mass is 31.2. The summed E-state index contributed by atoms with van der Waals surface area (Å²) in [6.45, 7) is 0.638. The highest BCUT2D eigenvalue weighted by Crippen LogP contribution is 2.52. The molecule has 0 amide bonds. The van der Waals surface area contributed by atoms with Crippen molar-refractivity contribution in [2.45, 2.75) is 0 Å². The van der Waals surface area contributed by atoms with Gasteiger partial charge in [-0.25, -0.2) is 10.0 Å². The van der Waals surface area contributed by atoms with E-state index in [0.717, 1.165) is 0 Å². The van der Waals surface area contributed by atoms with Crippen LogP contribution < -0.4 is 0 Å². The Labute approximate surface area is 80.1 Å². The number of hydrogen-bond acceptors (Lipinski definition) is 6. The van der Waals surface area contributed by atoms with Gasteiger partial charge in [0.25, 0.3) is 0 Å². The smallest absolute Gasteiger partial charge is 0.141 e. The van der Waals surface area contributed by atoms with Gasteiger partial charge in [-0.15, -0.1) is 9.81 Å². The summed E-state index contributed by atoms with van der Waals surface area (Å²) in [4.78, 5) is 22.4. The van der Waals surface area contributed by atoms with Crippen molar-refractivity contribution in [2.24, 2.45) is 10.6 Å². The van der Waals surface area contributed by atoms with E-state index in [1.165, 1.54) is 10.0 Å². The summed E-state index contributed by atoms with van der Waals surface area (Å²) in [5.74, 6) is 0. The Morgan fingerprint density at radius 2 is 1.43 bits per heavy atom. The molecule has 0 aromatic heterocycles. The first-order valence-corrected chi connectivity index (χ1v) is 6.37. The zero-order chi connectivity index (χ0) is 10.2. The van der Waals surface area contributed by atoms with Gasteiger partial charge in [0.05, 0.1) is 42.8 Å². The highest BCUT2D eigenvalue weighted by Gasteiger charge is 2.40. The van der Waals surface area contributed by atoms with Crippen molar-refractivity contribution in [3.8, 4) is 0 Å². The van der Waals surface area contributed by atoms with Crippen molar-refractivity contribution in [1.82, 2.24) is 14.9 Å². The molecule has 0 aliphatic carbocycles. The van der Waals surface area contributed by atoms with Crippen LogP contribution in [0.15, 0.2) is 10.6 Å². The van der Waals surface area contributed by atoms with Crippen LogP contribution in [0.5, 0.6) is 0 Å². The van der Waals surface area contributed by atoms with Crippen LogP contribution in [0, 0.1) is 9.81 Å². The number of rotatable bonds is 2. The Bertz CT molecular complexity index is 286. The molecular formula is C5H10N5O3P. The summed E-state index contributed by atoms with van der Waals surface area (Å²) < 4.78 is 12.1. The third-order valence-corrected chi connectivity index (χ3v) is 4.86. The lowest BCUT2D eigenvalue weighted by atomic mass is 10.7. The van der Waals surface area contributed by atoms with Crippen molar-refractivity contribution in [3.63, 3.8) is 0 Å². The highest BCUT2D eigenvalue weighted by molar-refractivity contribution is 7.63. The monoisotopic (exact) mass is 219 g/mol. The van der Waals surface area contributed by atoms with Gasteiger partial charge in [-0.2, -0.15) is 0 Å². The van der Waals surface area contributed by atoms with E-state index in [0.29, 0.717) is 19.6 Å². The Morgan fingerprint density at radius 1 is 0.929 bits per heavy atom. The van der Waals surface area contributed by atoms with E-state index in [-0.39, 0.29) is 12.6 Å². The molecule has 2 rings (SSSR count). The van der Waals surface area contributed by atoms with Gasteiger partial charge in [0, 0.05) is 0 Å². The van der Waals surface area contributed by atoms with E-state index in [1.807, 2.05) is 0 Å². The van der Waals surface area contributed by atoms with E-state index in [4.69, 9.17) is 0 Å². The first-order valence-electron chi connectivity index (χ1n) is 4.11. The van der Waals surface area contributed by atoms with E-state index >= 15 is 0 Å². The zero-order valence-corrected chi connectivity index (χ0v) is 8.34. The van der Waals surface area contributed by atoms with Gasteiger partial charge in [0.1, 0.15) is 7.14 Å². The lowest BCUT2D eigenvalue weighted by Crippen LogP contribution is -2.51. The average molecular weight is 219 g/mol. The lowest BCUT2D eigenvalue weighted by Gasteiger charge is -2.43. The maximum atomic E-state index is 12.1. The second-order valence-electron chi connectivity index (χ2n) is 3.61. The van der Waals surface area contributed by atoms with Gasteiger partial charge in [-0.3, -0.25) is 4.90 Å². The third kappa shape index (κ3) is 1.62. The number of nitrogens with zero attached hydrogens (tertiary/aromatic N) is 5. The van der Waals surface area contributed by atoms with Gasteiger partial charge < -0.3 is 4.57 Å². The zero-order valence-electron chi connectivity index (χ0n) is 7.44. The van der Waals surface area contributed by atoms with Gasteiger partial charge in [0.2, 0.25) is 0 Å². The Kier molecular flexibility index (Phi) is 2.24. The molecule has 9 heteroatoms. The molecule has 2 heterocycles. The van der Waals surface area contributed by atoms with E-state index in [1.54, 1.807) is 4.90 Å². The van der Waals surface area contributed by atoms with Crippen LogP contribution in [0.2, 0.25) is 0 Å². The van der Waals surface area contributed by atoms with Crippen LogP contribution in [0.25, 0.3) is 0 Å². The van der Waals surface area contributed by atoms with Gasteiger partial charge in [0.15, 0.2) is 0 Å². The topological polar surface area (TPSA) is 85.7 Å². The lowest BCUT2D eigenvalue weighted by molar-refractivity contribution is 0.0705. The van der Waals surface area contributed by atoms with Gasteiger partial charge >= 0.3 is 0 Å². The van der Waals surface area contributed by atoms with Crippen molar-refractivity contribution in [1.29, 1.82) is 0 Å². The molecule has 0 N–H and O–H groups in total. The van der Waals surface area contributed by atoms with Crippen LogP contribution in [0.1, 0.15) is 0 Å². The van der Waals surface area contributed by atoms with E-state index < -0.39 is 7.14 Å². The molecule has 0 unspecified atom stereocenters. The molecule has 2 bridgehead atoms. The SMILES string of the molecule is O=NN1CN2CN(N=O)CP(=O)(C2)C1. The Hall–Kier alpha value is -1.01. The molecule has 0 atom stereocenters. The van der Waals surface area contributed by atoms with Crippen molar-refractivity contribution >= 4 is 7.14 Å². The molecule has 2 fully saturated rings. The minimum atomic E-state index is -2.52. The Morgan fingerprint density at radius 3 is 1.79 bits per heavy atom. The molecule has 78 valence electrons. The number of nitroso groups, excluding NO2 is 2. The molecule has 2 saturated heterocycles. The molecular weight excluding hydrogens is 209 g/mol. The summed E-state index contributed by atoms with van der Waals surface area (Å²) in [7, 11) is -2.52. The van der Waals surface area contributed by atoms with Gasteiger partial charge in [-0.05, 0) is 0 Å². The largest absolute Gasteiger partial charge is 0.318 e. The van der Waals surface area contributed by atoms with Crippen LogP contribution in [-0.2, 0) is 4.57 Å². The van der Waals surface area contributed by atoms with Crippen molar-refractivity contribution in [2.75, 3.05) is 32.2 Å². The number of hydrogen-bond donors (Lipinski definition) is 0. The van der Waals surface area contributed by atoms with Crippen LogP contribution in [0.4, 0.5) is 0 Å². The molecule has 2 aliphatic heterocycles. The number of fused-ring (bicyclic) bond motifs is 2. The Balaban J connectivity index is 2.16.